The van der Waals surface area contributed by atoms with Crippen LogP contribution in [-0.2, 0) is 9.53 Å². The molecule has 1 aliphatic carbocycles. The van der Waals surface area contributed by atoms with Crippen molar-refractivity contribution in [2.24, 2.45) is 5.92 Å². The first-order chi connectivity index (χ1) is 7.83. The molecule has 0 aromatic carbocycles. The highest BCUT2D eigenvalue weighted by molar-refractivity contribution is 5.69. The molecule has 1 rings (SSSR count). The highest BCUT2D eigenvalue weighted by atomic mass is 16.5. The topological polar surface area (TPSA) is 26.3 Å². The van der Waals surface area contributed by atoms with Gasteiger partial charge in [0.1, 0.15) is 0 Å². The van der Waals surface area contributed by atoms with Gasteiger partial charge in [-0.25, -0.2) is 0 Å². The lowest BCUT2D eigenvalue weighted by Gasteiger charge is -2.12. The van der Waals surface area contributed by atoms with E-state index in [0.29, 0.717) is 13.0 Å². The van der Waals surface area contributed by atoms with Crippen LogP contribution in [0.5, 0.6) is 0 Å². The Hall–Kier alpha value is -0.530. The quantitative estimate of drug-likeness (QED) is 0.387. The summed E-state index contributed by atoms with van der Waals surface area (Å²) in [7, 11) is 0. The van der Waals surface area contributed by atoms with Crippen molar-refractivity contribution in [1.82, 2.24) is 0 Å². The molecule has 1 fully saturated rings. The minimum atomic E-state index is -0.0247. The summed E-state index contributed by atoms with van der Waals surface area (Å²) in [5, 5.41) is 0. The maximum absolute atomic E-state index is 11.1. The van der Waals surface area contributed by atoms with Gasteiger partial charge in [0.05, 0.1) is 6.61 Å². The predicted molar refractivity (Wildman–Crippen MR) is 66.3 cm³/mol. The first kappa shape index (κ1) is 13.5. The molecule has 2 nitrogen and oxygen atoms in total. The SMILES string of the molecule is CCOC(=O)CCCCC1CCCCCC1. The van der Waals surface area contributed by atoms with Gasteiger partial charge in [-0.2, -0.15) is 0 Å². The van der Waals surface area contributed by atoms with Gasteiger partial charge in [-0.05, 0) is 19.3 Å². The van der Waals surface area contributed by atoms with E-state index in [1.807, 2.05) is 6.92 Å². The van der Waals surface area contributed by atoms with Crippen molar-refractivity contribution in [3.63, 3.8) is 0 Å². The van der Waals surface area contributed by atoms with Gasteiger partial charge in [0.2, 0.25) is 0 Å². The van der Waals surface area contributed by atoms with Crippen molar-refractivity contribution in [1.29, 1.82) is 0 Å². The van der Waals surface area contributed by atoms with Gasteiger partial charge in [-0.15, -0.1) is 0 Å². The van der Waals surface area contributed by atoms with E-state index in [4.69, 9.17) is 4.74 Å². The van der Waals surface area contributed by atoms with E-state index in [0.717, 1.165) is 12.3 Å². The average molecular weight is 226 g/mol. The maximum atomic E-state index is 11.1. The van der Waals surface area contributed by atoms with Crippen LogP contribution in [0.25, 0.3) is 0 Å². The number of unbranched alkanes of at least 4 members (excludes halogenated alkanes) is 1. The van der Waals surface area contributed by atoms with Gasteiger partial charge in [0.15, 0.2) is 0 Å². The van der Waals surface area contributed by atoms with Gasteiger partial charge in [0, 0.05) is 6.42 Å². The van der Waals surface area contributed by atoms with E-state index in [1.165, 1.54) is 51.4 Å². The number of hydrogen-bond donors (Lipinski definition) is 0. The second-order valence-corrected chi connectivity index (χ2v) is 4.91. The molecule has 0 radical (unpaired) electrons. The molecule has 0 unspecified atom stereocenters. The molecule has 0 bridgehead atoms. The normalized spacial score (nSPS) is 18.1. The molecule has 0 atom stereocenters. The van der Waals surface area contributed by atoms with Gasteiger partial charge >= 0.3 is 5.97 Å². The van der Waals surface area contributed by atoms with Crippen LogP contribution in [0.1, 0.15) is 71.1 Å². The van der Waals surface area contributed by atoms with Crippen molar-refractivity contribution < 1.29 is 9.53 Å². The molecule has 0 amide bonds. The zero-order valence-electron chi connectivity index (χ0n) is 10.7. The van der Waals surface area contributed by atoms with E-state index in [9.17, 15) is 4.79 Å². The van der Waals surface area contributed by atoms with E-state index in [1.54, 1.807) is 0 Å². The Morgan fingerprint density at radius 3 is 2.44 bits per heavy atom. The van der Waals surface area contributed by atoms with Crippen molar-refractivity contribution in [2.75, 3.05) is 6.61 Å². The van der Waals surface area contributed by atoms with E-state index in [2.05, 4.69) is 0 Å². The van der Waals surface area contributed by atoms with Crippen LogP contribution in [0.4, 0.5) is 0 Å². The van der Waals surface area contributed by atoms with Crippen LogP contribution >= 0.6 is 0 Å². The lowest BCUT2D eigenvalue weighted by Crippen LogP contribution is -2.04. The Morgan fingerprint density at radius 2 is 1.81 bits per heavy atom. The Labute approximate surface area is 99.8 Å². The Morgan fingerprint density at radius 1 is 1.12 bits per heavy atom. The summed E-state index contributed by atoms with van der Waals surface area (Å²) >= 11 is 0. The summed E-state index contributed by atoms with van der Waals surface area (Å²) < 4.78 is 4.91. The van der Waals surface area contributed by atoms with Crippen LogP contribution in [0.15, 0.2) is 0 Å². The highest BCUT2D eigenvalue weighted by Crippen LogP contribution is 2.26. The smallest absolute Gasteiger partial charge is 0.305 e. The standard InChI is InChI=1S/C14H26O2/c1-2-16-14(15)12-8-7-11-13-9-5-3-4-6-10-13/h13H,2-12H2,1H3. The fraction of sp³-hybridized carbons (Fsp3) is 0.929. The van der Waals surface area contributed by atoms with E-state index in [-0.39, 0.29) is 5.97 Å². The monoisotopic (exact) mass is 226 g/mol. The molecule has 0 aromatic rings. The Balaban J connectivity index is 1.99. The molecule has 1 saturated carbocycles. The molecular weight excluding hydrogens is 200 g/mol. The Bertz CT molecular complexity index is 181. The van der Waals surface area contributed by atoms with E-state index < -0.39 is 0 Å². The lowest BCUT2D eigenvalue weighted by atomic mass is 9.94. The van der Waals surface area contributed by atoms with Crippen LogP contribution in [0.3, 0.4) is 0 Å². The number of carbonyl (C=O) groups is 1. The molecule has 94 valence electrons. The molecule has 1 aliphatic rings. The van der Waals surface area contributed by atoms with Crippen molar-refractivity contribution in [3.05, 3.63) is 0 Å². The first-order valence-corrected chi connectivity index (χ1v) is 6.98. The van der Waals surface area contributed by atoms with E-state index >= 15 is 0 Å². The summed E-state index contributed by atoms with van der Waals surface area (Å²) in [5.74, 6) is 0.910. The summed E-state index contributed by atoms with van der Waals surface area (Å²) in [4.78, 5) is 11.1. The number of carbonyl (C=O) groups excluding carboxylic acids is 1. The maximum Gasteiger partial charge on any atom is 0.305 e. The number of ether oxygens (including phenoxy) is 1. The number of hydrogen-bond acceptors (Lipinski definition) is 2. The fourth-order valence-electron chi connectivity index (χ4n) is 2.59. The van der Waals surface area contributed by atoms with Crippen LogP contribution < -0.4 is 0 Å². The van der Waals surface area contributed by atoms with Gasteiger partial charge in [-0.3, -0.25) is 4.79 Å². The first-order valence-electron chi connectivity index (χ1n) is 6.98. The summed E-state index contributed by atoms with van der Waals surface area (Å²) in [5.41, 5.74) is 0. The zero-order chi connectivity index (χ0) is 11.6. The molecule has 2 heteroatoms. The van der Waals surface area contributed by atoms with Crippen molar-refractivity contribution >= 4 is 5.97 Å². The van der Waals surface area contributed by atoms with Crippen LogP contribution in [-0.4, -0.2) is 12.6 Å². The third-order valence-corrected chi connectivity index (χ3v) is 3.52. The molecule has 0 N–H and O–H groups in total. The van der Waals surface area contributed by atoms with Gasteiger partial charge in [0.25, 0.3) is 0 Å². The summed E-state index contributed by atoms with van der Waals surface area (Å²) in [6, 6.07) is 0. The molecule has 0 saturated heterocycles. The second kappa shape index (κ2) is 8.60. The van der Waals surface area contributed by atoms with Crippen LogP contribution in [0, 0.1) is 5.92 Å². The van der Waals surface area contributed by atoms with Crippen LogP contribution in [0.2, 0.25) is 0 Å². The second-order valence-electron chi connectivity index (χ2n) is 4.91. The largest absolute Gasteiger partial charge is 0.466 e. The summed E-state index contributed by atoms with van der Waals surface area (Å²) in [6.45, 7) is 2.38. The molecule has 0 spiro atoms. The zero-order valence-corrected chi connectivity index (χ0v) is 10.7. The van der Waals surface area contributed by atoms with Gasteiger partial charge in [-0.1, -0.05) is 51.4 Å². The lowest BCUT2D eigenvalue weighted by molar-refractivity contribution is -0.143. The molecule has 16 heavy (non-hydrogen) atoms. The molecule has 0 aromatic heterocycles. The third kappa shape index (κ3) is 6.14. The van der Waals surface area contributed by atoms with Crippen molar-refractivity contribution in [2.45, 2.75) is 71.1 Å². The number of rotatable bonds is 6. The molecule has 0 aliphatic heterocycles. The highest BCUT2D eigenvalue weighted by Gasteiger charge is 2.11. The van der Waals surface area contributed by atoms with Crippen molar-refractivity contribution in [3.8, 4) is 0 Å². The molecule has 0 heterocycles. The average Bonchev–Trinajstić information content (AvgIpc) is 2.53. The minimum absolute atomic E-state index is 0.0247. The fourth-order valence-corrected chi connectivity index (χ4v) is 2.59. The summed E-state index contributed by atoms with van der Waals surface area (Å²) in [6.07, 6.45) is 12.7. The predicted octanol–water partition coefficient (Wildman–Crippen LogP) is 4.08. The molecular formula is C14H26O2. The number of esters is 1. The Kier molecular flexibility index (Phi) is 7.28. The minimum Gasteiger partial charge on any atom is -0.466 e. The van der Waals surface area contributed by atoms with Gasteiger partial charge < -0.3 is 4.74 Å². The third-order valence-electron chi connectivity index (χ3n) is 3.52.